The minimum absolute atomic E-state index is 0. The van der Waals surface area contributed by atoms with Gasteiger partial charge in [-0.2, -0.15) is 0 Å². The standard InChI is InChI=1S/C20H20ClN3O.ClH/c1-13-17(4-3-5-18(13)21)20(11-22-12-20)23-15-7-6-14-8-9-24(2)19(25)16(14)10-15;/h3-10,22-23H,11-12H2,1-2H3;1H. The second-order valence-electron chi connectivity index (χ2n) is 6.76. The summed E-state index contributed by atoms with van der Waals surface area (Å²) in [5, 5.41) is 9.45. The van der Waals surface area contributed by atoms with Crippen molar-refractivity contribution in [2.24, 2.45) is 7.05 Å². The summed E-state index contributed by atoms with van der Waals surface area (Å²) in [4.78, 5) is 12.4. The van der Waals surface area contributed by atoms with Gasteiger partial charge in [-0.25, -0.2) is 0 Å². The smallest absolute Gasteiger partial charge is 0.258 e. The highest BCUT2D eigenvalue weighted by Crippen LogP contribution is 2.35. The molecule has 4 nitrogen and oxygen atoms in total. The molecule has 0 atom stereocenters. The summed E-state index contributed by atoms with van der Waals surface area (Å²) in [6.07, 6.45) is 1.80. The third-order valence-corrected chi connectivity index (χ3v) is 5.51. The Balaban J connectivity index is 0.00000196. The Labute approximate surface area is 163 Å². The molecule has 1 aromatic heterocycles. The highest BCUT2D eigenvalue weighted by atomic mass is 35.5. The van der Waals surface area contributed by atoms with Gasteiger partial charge in [0.2, 0.25) is 0 Å². The lowest BCUT2D eigenvalue weighted by Crippen LogP contribution is -2.61. The van der Waals surface area contributed by atoms with Gasteiger partial charge in [0, 0.05) is 42.4 Å². The number of hydrogen-bond acceptors (Lipinski definition) is 3. The zero-order chi connectivity index (χ0) is 17.6. The van der Waals surface area contributed by atoms with Crippen LogP contribution in [0.15, 0.2) is 53.5 Å². The number of rotatable bonds is 3. The van der Waals surface area contributed by atoms with Crippen molar-refractivity contribution in [2.75, 3.05) is 18.4 Å². The molecule has 1 fully saturated rings. The second kappa shape index (κ2) is 6.95. The van der Waals surface area contributed by atoms with Crippen molar-refractivity contribution in [2.45, 2.75) is 12.5 Å². The van der Waals surface area contributed by atoms with Gasteiger partial charge in [-0.05, 0) is 47.7 Å². The zero-order valence-corrected chi connectivity index (χ0v) is 16.2. The van der Waals surface area contributed by atoms with Crippen molar-refractivity contribution >= 4 is 40.5 Å². The molecule has 0 radical (unpaired) electrons. The van der Waals surface area contributed by atoms with Crippen LogP contribution in [0.1, 0.15) is 11.1 Å². The number of anilines is 1. The number of pyridine rings is 1. The number of aromatic nitrogens is 1. The summed E-state index contributed by atoms with van der Waals surface area (Å²) in [5.74, 6) is 0. The van der Waals surface area contributed by atoms with E-state index in [-0.39, 0.29) is 23.5 Å². The monoisotopic (exact) mass is 389 g/mol. The van der Waals surface area contributed by atoms with Crippen LogP contribution >= 0.6 is 24.0 Å². The molecule has 0 saturated carbocycles. The van der Waals surface area contributed by atoms with Crippen LogP contribution in [0.25, 0.3) is 10.8 Å². The Morgan fingerprint density at radius 3 is 2.65 bits per heavy atom. The molecule has 2 N–H and O–H groups in total. The van der Waals surface area contributed by atoms with Crippen molar-refractivity contribution in [1.82, 2.24) is 9.88 Å². The lowest BCUT2D eigenvalue weighted by atomic mass is 9.81. The topological polar surface area (TPSA) is 46.1 Å². The number of benzene rings is 2. The molecule has 2 heterocycles. The summed E-state index contributed by atoms with van der Waals surface area (Å²) in [5.41, 5.74) is 3.04. The fourth-order valence-electron chi connectivity index (χ4n) is 3.54. The van der Waals surface area contributed by atoms with E-state index in [1.54, 1.807) is 17.8 Å². The van der Waals surface area contributed by atoms with Crippen LogP contribution in [0, 0.1) is 6.92 Å². The molecule has 2 aromatic carbocycles. The molecular weight excluding hydrogens is 369 g/mol. The Hall–Kier alpha value is -2.01. The van der Waals surface area contributed by atoms with Gasteiger partial charge in [0.25, 0.3) is 5.56 Å². The fourth-order valence-corrected chi connectivity index (χ4v) is 3.71. The van der Waals surface area contributed by atoms with Gasteiger partial charge in [0.1, 0.15) is 0 Å². The average molecular weight is 390 g/mol. The number of nitrogens with one attached hydrogen (secondary N) is 2. The molecule has 1 saturated heterocycles. The van der Waals surface area contributed by atoms with E-state index in [1.807, 2.05) is 36.4 Å². The Bertz CT molecular complexity index is 1030. The highest BCUT2D eigenvalue weighted by Gasteiger charge is 2.40. The number of hydrogen-bond donors (Lipinski definition) is 2. The largest absolute Gasteiger partial charge is 0.373 e. The van der Waals surface area contributed by atoms with Crippen LogP contribution in [-0.4, -0.2) is 17.7 Å². The lowest BCUT2D eigenvalue weighted by molar-refractivity contribution is 0.316. The summed E-state index contributed by atoms with van der Waals surface area (Å²) in [7, 11) is 1.77. The van der Waals surface area contributed by atoms with Gasteiger partial charge in [0.05, 0.1) is 5.54 Å². The third-order valence-electron chi connectivity index (χ3n) is 5.10. The van der Waals surface area contributed by atoms with Gasteiger partial charge in [0.15, 0.2) is 0 Å². The molecule has 136 valence electrons. The van der Waals surface area contributed by atoms with Crippen LogP contribution in [0.3, 0.4) is 0 Å². The van der Waals surface area contributed by atoms with Gasteiger partial charge < -0.3 is 15.2 Å². The minimum Gasteiger partial charge on any atom is -0.373 e. The Kier molecular flexibility index (Phi) is 5.02. The molecule has 0 aliphatic carbocycles. The van der Waals surface area contributed by atoms with Crippen LogP contribution in [0.4, 0.5) is 5.69 Å². The van der Waals surface area contributed by atoms with E-state index in [1.165, 1.54) is 5.56 Å². The van der Waals surface area contributed by atoms with Crippen LogP contribution in [-0.2, 0) is 12.6 Å². The number of aryl methyl sites for hydroxylation is 1. The lowest BCUT2D eigenvalue weighted by Gasteiger charge is -2.45. The number of nitrogens with zero attached hydrogens (tertiary/aromatic N) is 1. The first-order valence-corrected chi connectivity index (χ1v) is 8.72. The maximum absolute atomic E-state index is 12.4. The van der Waals surface area contributed by atoms with Crippen LogP contribution in [0.2, 0.25) is 5.02 Å². The van der Waals surface area contributed by atoms with Gasteiger partial charge in [-0.15, -0.1) is 12.4 Å². The first-order chi connectivity index (χ1) is 12.0. The molecule has 0 amide bonds. The molecule has 26 heavy (non-hydrogen) atoms. The molecule has 4 rings (SSSR count). The predicted molar refractivity (Wildman–Crippen MR) is 111 cm³/mol. The van der Waals surface area contributed by atoms with E-state index in [0.29, 0.717) is 0 Å². The molecule has 3 aromatic rings. The minimum atomic E-state index is -0.206. The van der Waals surface area contributed by atoms with Crippen LogP contribution in [0.5, 0.6) is 0 Å². The fraction of sp³-hybridized carbons (Fsp3) is 0.250. The predicted octanol–water partition coefficient (Wildman–Crippen LogP) is 3.83. The Morgan fingerprint density at radius 1 is 1.19 bits per heavy atom. The molecule has 1 aliphatic rings. The summed E-state index contributed by atoms with van der Waals surface area (Å²) < 4.78 is 1.61. The summed E-state index contributed by atoms with van der Waals surface area (Å²) >= 11 is 6.33. The number of halogens is 2. The third kappa shape index (κ3) is 2.98. The normalized spacial score (nSPS) is 15.2. The maximum atomic E-state index is 12.4. The van der Waals surface area contributed by atoms with Crippen molar-refractivity contribution in [3.05, 3.63) is 75.2 Å². The molecule has 0 bridgehead atoms. The molecular formula is C20H21Cl2N3O. The molecule has 6 heteroatoms. The van der Waals surface area contributed by atoms with Crippen molar-refractivity contribution in [3.8, 4) is 0 Å². The molecule has 0 unspecified atom stereocenters. The first kappa shape index (κ1) is 18.8. The van der Waals surface area contributed by atoms with Crippen molar-refractivity contribution < 1.29 is 0 Å². The molecule has 0 spiro atoms. The summed E-state index contributed by atoms with van der Waals surface area (Å²) in [6, 6.07) is 13.9. The van der Waals surface area contributed by atoms with Crippen molar-refractivity contribution in [3.63, 3.8) is 0 Å². The quantitative estimate of drug-likeness (QED) is 0.715. The van der Waals surface area contributed by atoms with Crippen molar-refractivity contribution in [1.29, 1.82) is 0 Å². The van der Waals surface area contributed by atoms with Gasteiger partial charge >= 0.3 is 0 Å². The molecule has 1 aliphatic heterocycles. The van der Waals surface area contributed by atoms with Gasteiger partial charge in [-0.1, -0.05) is 29.8 Å². The van der Waals surface area contributed by atoms with E-state index < -0.39 is 0 Å². The van der Waals surface area contributed by atoms with E-state index in [4.69, 9.17) is 11.6 Å². The Morgan fingerprint density at radius 2 is 1.96 bits per heavy atom. The highest BCUT2D eigenvalue weighted by molar-refractivity contribution is 6.31. The van der Waals surface area contributed by atoms with E-state index in [2.05, 4.69) is 23.6 Å². The maximum Gasteiger partial charge on any atom is 0.258 e. The second-order valence-corrected chi connectivity index (χ2v) is 7.16. The zero-order valence-electron chi connectivity index (χ0n) is 14.7. The number of fused-ring (bicyclic) bond motifs is 1. The average Bonchev–Trinajstić information content (AvgIpc) is 2.58. The van der Waals surface area contributed by atoms with E-state index >= 15 is 0 Å². The SMILES string of the molecule is Cc1c(Cl)cccc1C1(Nc2ccc3ccn(C)c(=O)c3c2)CNC1.Cl. The van der Waals surface area contributed by atoms with Gasteiger partial charge in [-0.3, -0.25) is 4.79 Å². The first-order valence-electron chi connectivity index (χ1n) is 8.34. The summed E-state index contributed by atoms with van der Waals surface area (Å²) in [6.45, 7) is 3.69. The van der Waals surface area contributed by atoms with Crippen LogP contribution < -0.4 is 16.2 Å². The van der Waals surface area contributed by atoms with E-state index in [9.17, 15) is 4.79 Å². The van der Waals surface area contributed by atoms with E-state index in [0.717, 1.165) is 40.1 Å².